The molecule has 0 amide bonds. The summed E-state index contributed by atoms with van der Waals surface area (Å²) < 4.78 is 57.5. The van der Waals surface area contributed by atoms with Crippen LogP contribution in [0.5, 0.6) is 0 Å². The third-order valence-corrected chi connectivity index (χ3v) is 6.06. The van der Waals surface area contributed by atoms with Gasteiger partial charge in [-0.2, -0.15) is 0 Å². The molecule has 0 bridgehead atoms. The molecule has 0 unspecified atom stereocenters. The molecule has 1 aromatic rings. The summed E-state index contributed by atoms with van der Waals surface area (Å²) in [5.41, 5.74) is 0.265. The number of sulfone groups is 1. The number of hydrogen-bond acceptors (Lipinski definition) is 4. The van der Waals surface area contributed by atoms with Gasteiger partial charge in [0.25, 0.3) is 0 Å². The van der Waals surface area contributed by atoms with Gasteiger partial charge in [0.2, 0.25) is 9.05 Å². The van der Waals surface area contributed by atoms with Crippen LogP contribution >= 0.6 is 10.7 Å². The highest BCUT2D eigenvalue weighted by Crippen LogP contribution is 2.20. The zero-order chi connectivity index (χ0) is 12.6. The van der Waals surface area contributed by atoms with Crippen molar-refractivity contribution in [3.05, 3.63) is 29.6 Å². The Morgan fingerprint density at radius 3 is 2.31 bits per heavy atom. The van der Waals surface area contributed by atoms with Crippen molar-refractivity contribution in [2.75, 3.05) is 5.08 Å². The largest absolute Gasteiger partial charge is 0.247 e. The molecule has 0 saturated heterocycles. The van der Waals surface area contributed by atoms with Gasteiger partial charge >= 0.3 is 0 Å². The number of rotatable bonds is 3. The van der Waals surface area contributed by atoms with Gasteiger partial charge in [0.1, 0.15) is 5.82 Å². The Balaban J connectivity index is 3.33. The van der Waals surface area contributed by atoms with Crippen molar-refractivity contribution in [2.24, 2.45) is 0 Å². The smallest absolute Gasteiger partial charge is 0.223 e. The van der Waals surface area contributed by atoms with E-state index in [0.29, 0.717) is 0 Å². The van der Waals surface area contributed by atoms with Crippen molar-refractivity contribution in [1.82, 2.24) is 0 Å². The van der Waals surface area contributed by atoms with E-state index in [2.05, 4.69) is 0 Å². The minimum absolute atomic E-state index is 0.265. The maximum Gasteiger partial charge on any atom is 0.247 e. The van der Waals surface area contributed by atoms with Gasteiger partial charge in [-0.25, -0.2) is 21.2 Å². The van der Waals surface area contributed by atoms with Gasteiger partial charge in [-0.3, -0.25) is 0 Å². The van der Waals surface area contributed by atoms with Crippen molar-refractivity contribution in [2.45, 2.75) is 11.8 Å². The normalized spacial score (nSPS) is 12.7. The average molecular weight is 287 g/mol. The molecular formula is C8H8ClFO4S2. The van der Waals surface area contributed by atoms with Crippen molar-refractivity contribution in [3.63, 3.8) is 0 Å². The third kappa shape index (κ3) is 3.43. The molecule has 8 heteroatoms. The molecule has 0 aromatic heterocycles. The second kappa shape index (κ2) is 4.31. The summed E-state index contributed by atoms with van der Waals surface area (Å²) in [6.45, 7) is 1.44. The fourth-order valence-corrected chi connectivity index (χ4v) is 5.05. The Labute approximate surface area is 97.4 Å². The first-order chi connectivity index (χ1) is 7.12. The second-order valence-corrected chi connectivity index (χ2v) is 8.28. The van der Waals surface area contributed by atoms with Gasteiger partial charge in [-0.1, -0.05) is 6.07 Å². The first-order valence-electron chi connectivity index (χ1n) is 4.03. The summed E-state index contributed by atoms with van der Waals surface area (Å²) in [5.74, 6) is -0.754. The quantitative estimate of drug-likeness (QED) is 0.789. The molecule has 0 fully saturated rings. The van der Waals surface area contributed by atoms with E-state index in [-0.39, 0.29) is 10.5 Å². The number of halogens is 2. The lowest BCUT2D eigenvalue weighted by Gasteiger charge is -2.05. The molecule has 1 rings (SSSR count). The Bertz CT molecular complexity index is 607. The molecule has 0 atom stereocenters. The van der Waals surface area contributed by atoms with E-state index in [1.54, 1.807) is 0 Å². The fraction of sp³-hybridized carbons (Fsp3) is 0.250. The minimum Gasteiger partial charge on any atom is -0.223 e. The predicted molar refractivity (Wildman–Crippen MR) is 58.0 cm³/mol. The Morgan fingerprint density at radius 1 is 1.25 bits per heavy atom. The summed E-state index contributed by atoms with van der Waals surface area (Å²) in [6.07, 6.45) is 0. The van der Waals surface area contributed by atoms with Crippen LogP contribution in [0.4, 0.5) is 4.39 Å². The molecule has 0 saturated carbocycles. The number of hydrogen-bond donors (Lipinski definition) is 0. The van der Waals surface area contributed by atoms with Crippen LogP contribution in [0.2, 0.25) is 0 Å². The summed E-state index contributed by atoms with van der Waals surface area (Å²) in [7, 11) is -3.47. The van der Waals surface area contributed by atoms with Crippen molar-refractivity contribution < 1.29 is 21.2 Å². The summed E-state index contributed by atoms with van der Waals surface area (Å²) in [6, 6.07) is 3.11. The highest BCUT2D eigenvalue weighted by Gasteiger charge is 2.24. The van der Waals surface area contributed by atoms with E-state index in [1.165, 1.54) is 13.0 Å². The van der Waals surface area contributed by atoms with Crippen molar-refractivity contribution in [1.29, 1.82) is 0 Å². The lowest BCUT2D eigenvalue weighted by atomic mass is 10.2. The molecule has 0 N–H and O–H groups in total. The molecule has 16 heavy (non-hydrogen) atoms. The SMILES string of the molecule is Cc1ccc(F)cc1S(=O)(=O)CS(=O)(=O)Cl. The first-order valence-corrected chi connectivity index (χ1v) is 8.16. The standard InChI is InChI=1S/C8H8ClFO4S2/c1-6-2-3-7(10)4-8(6)15(11,12)5-16(9,13)14/h2-4H,5H2,1H3. The molecule has 4 nitrogen and oxygen atoms in total. The maximum absolute atomic E-state index is 12.9. The van der Waals surface area contributed by atoms with E-state index in [9.17, 15) is 21.2 Å². The van der Waals surface area contributed by atoms with Crippen LogP contribution in [-0.2, 0) is 18.9 Å². The molecule has 0 spiro atoms. The van der Waals surface area contributed by atoms with Gasteiger partial charge in [-0.05, 0) is 24.6 Å². The van der Waals surface area contributed by atoms with Gasteiger partial charge in [0.15, 0.2) is 14.9 Å². The fourth-order valence-electron chi connectivity index (χ4n) is 1.16. The Hall–Kier alpha value is -0.660. The highest BCUT2D eigenvalue weighted by atomic mass is 35.7. The first kappa shape index (κ1) is 13.4. The monoisotopic (exact) mass is 286 g/mol. The number of benzene rings is 1. The van der Waals surface area contributed by atoms with Gasteiger partial charge < -0.3 is 0 Å². The van der Waals surface area contributed by atoms with Crippen LogP contribution in [0, 0.1) is 12.7 Å². The van der Waals surface area contributed by atoms with Crippen molar-refractivity contribution in [3.8, 4) is 0 Å². The molecule has 0 aliphatic carbocycles. The number of aryl methyl sites for hydroxylation is 1. The Morgan fingerprint density at radius 2 is 1.81 bits per heavy atom. The summed E-state index contributed by atoms with van der Waals surface area (Å²) in [4.78, 5) is -0.364. The van der Waals surface area contributed by atoms with E-state index in [1.807, 2.05) is 0 Å². The Kier molecular flexibility index (Phi) is 3.61. The predicted octanol–water partition coefficient (Wildman–Crippen LogP) is 1.43. The zero-order valence-electron chi connectivity index (χ0n) is 8.14. The van der Waals surface area contributed by atoms with Crippen LogP contribution in [0.15, 0.2) is 23.1 Å². The molecule has 0 heterocycles. The van der Waals surface area contributed by atoms with Gasteiger partial charge in [0.05, 0.1) is 4.90 Å². The maximum atomic E-state index is 12.9. The molecule has 90 valence electrons. The topological polar surface area (TPSA) is 68.3 Å². The van der Waals surface area contributed by atoms with Crippen LogP contribution in [-0.4, -0.2) is 21.9 Å². The summed E-state index contributed by atoms with van der Waals surface area (Å²) >= 11 is 0. The zero-order valence-corrected chi connectivity index (χ0v) is 10.5. The molecular weight excluding hydrogens is 279 g/mol. The average Bonchev–Trinajstić information content (AvgIpc) is 2.04. The lowest BCUT2D eigenvalue weighted by Crippen LogP contribution is -2.13. The third-order valence-electron chi connectivity index (χ3n) is 1.78. The van der Waals surface area contributed by atoms with Crippen LogP contribution < -0.4 is 0 Å². The molecule has 0 aliphatic rings. The highest BCUT2D eigenvalue weighted by molar-refractivity contribution is 8.21. The molecule has 0 aliphatic heterocycles. The lowest BCUT2D eigenvalue weighted by molar-refractivity contribution is 0.589. The van der Waals surface area contributed by atoms with E-state index < -0.39 is 29.8 Å². The van der Waals surface area contributed by atoms with Crippen LogP contribution in [0.25, 0.3) is 0 Å². The molecule has 0 radical (unpaired) electrons. The van der Waals surface area contributed by atoms with Gasteiger partial charge in [0, 0.05) is 10.7 Å². The van der Waals surface area contributed by atoms with E-state index >= 15 is 0 Å². The van der Waals surface area contributed by atoms with E-state index in [0.717, 1.165) is 12.1 Å². The minimum atomic E-state index is -4.20. The molecule has 1 aromatic carbocycles. The van der Waals surface area contributed by atoms with Crippen LogP contribution in [0.3, 0.4) is 0 Å². The van der Waals surface area contributed by atoms with Gasteiger partial charge in [-0.15, -0.1) is 0 Å². The summed E-state index contributed by atoms with van der Waals surface area (Å²) in [5, 5.41) is -1.24. The second-order valence-electron chi connectivity index (χ2n) is 3.18. The van der Waals surface area contributed by atoms with Crippen LogP contribution in [0.1, 0.15) is 5.56 Å². The van der Waals surface area contributed by atoms with E-state index in [4.69, 9.17) is 10.7 Å². The van der Waals surface area contributed by atoms with Crippen molar-refractivity contribution >= 4 is 29.6 Å².